The van der Waals surface area contributed by atoms with Gasteiger partial charge in [0.15, 0.2) is 0 Å². The third-order valence-electron chi connectivity index (χ3n) is 2.94. The third-order valence-corrected chi connectivity index (χ3v) is 2.94. The molecule has 94 valence electrons. The molecule has 0 spiro atoms. The standard InChI is InChI=1S/C12H24N2O2/c1-3-14(4-2)8-10-16-9-7-13-12(15)11-5-6-11/h11H,3-10H2,1-2H3,(H,13,15). The van der Waals surface area contributed by atoms with Crippen LogP contribution in [0.5, 0.6) is 0 Å². The van der Waals surface area contributed by atoms with Gasteiger partial charge in [-0.15, -0.1) is 0 Å². The fraction of sp³-hybridized carbons (Fsp3) is 0.917. The van der Waals surface area contributed by atoms with Crippen molar-refractivity contribution >= 4 is 5.91 Å². The molecule has 0 aromatic heterocycles. The molecule has 16 heavy (non-hydrogen) atoms. The predicted octanol–water partition coefficient (Wildman–Crippen LogP) is 0.871. The van der Waals surface area contributed by atoms with Crippen molar-refractivity contribution in [3.63, 3.8) is 0 Å². The molecule has 4 nitrogen and oxygen atoms in total. The van der Waals surface area contributed by atoms with Crippen LogP contribution < -0.4 is 5.32 Å². The summed E-state index contributed by atoms with van der Waals surface area (Å²) in [5.74, 6) is 0.503. The van der Waals surface area contributed by atoms with Gasteiger partial charge in [0.05, 0.1) is 13.2 Å². The molecule has 0 aromatic carbocycles. The molecule has 1 aliphatic carbocycles. The van der Waals surface area contributed by atoms with Crippen LogP contribution in [0.2, 0.25) is 0 Å². The molecule has 0 saturated heterocycles. The molecule has 1 fully saturated rings. The maximum Gasteiger partial charge on any atom is 0.223 e. The molecule has 1 saturated carbocycles. The van der Waals surface area contributed by atoms with Gasteiger partial charge in [-0.25, -0.2) is 0 Å². The molecule has 1 amide bonds. The Hall–Kier alpha value is -0.610. The lowest BCUT2D eigenvalue weighted by molar-refractivity contribution is -0.122. The molecule has 0 bridgehead atoms. The number of amides is 1. The fourth-order valence-corrected chi connectivity index (χ4v) is 1.57. The van der Waals surface area contributed by atoms with E-state index >= 15 is 0 Å². The maximum atomic E-state index is 11.3. The summed E-state index contributed by atoms with van der Waals surface area (Å²) in [6, 6.07) is 0. The second kappa shape index (κ2) is 7.63. The van der Waals surface area contributed by atoms with E-state index < -0.39 is 0 Å². The normalized spacial score (nSPS) is 15.4. The van der Waals surface area contributed by atoms with Crippen molar-refractivity contribution in [2.24, 2.45) is 5.92 Å². The summed E-state index contributed by atoms with van der Waals surface area (Å²) in [5.41, 5.74) is 0. The number of nitrogens with one attached hydrogen (secondary N) is 1. The second-order valence-corrected chi connectivity index (χ2v) is 4.20. The molecular weight excluding hydrogens is 204 g/mol. The van der Waals surface area contributed by atoms with Gasteiger partial charge in [0.2, 0.25) is 5.91 Å². The van der Waals surface area contributed by atoms with E-state index in [4.69, 9.17) is 4.74 Å². The van der Waals surface area contributed by atoms with Crippen molar-refractivity contribution < 1.29 is 9.53 Å². The molecule has 0 radical (unpaired) electrons. The molecule has 1 rings (SSSR count). The summed E-state index contributed by atoms with van der Waals surface area (Å²) < 4.78 is 5.46. The van der Waals surface area contributed by atoms with E-state index in [1.54, 1.807) is 0 Å². The van der Waals surface area contributed by atoms with Crippen LogP contribution in [0.4, 0.5) is 0 Å². The summed E-state index contributed by atoms with van der Waals surface area (Å²) in [4.78, 5) is 13.6. The highest BCUT2D eigenvalue weighted by Crippen LogP contribution is 2.28. The quantitative estimate of drug-likeness (QED) is 0.595. The van der Waals surface area contributed by atoms with Crippen LogP contribution in [0.3, 0.4) is 0 Å². The van der Waals surface area contributed by atoms with Crippen molar-refractivity contribution in [3.05, 3.63) is 0 Å². The number of carbonyl (C=O) groups excluding carboxylic acids is 1. The van der Waals surface area contributed by atoms with Gasteiger partial charge in [-0.3, -0.25) is 4.79 Å². The molecule has 1 N–H and O–H groups in total. The van der Waals surface area contributed by atoms with Crippen molar-refractivity contribution in [1.82, 2.24) is 10.2 Å². The maximum absolute atomic E-state index is 11.3. The zero-order chi connectivity index (χ0) is 11.8. The summed E-state index contributed by atoms with van der Waals surface area (Å²) >= 11 is 0. The summed E-state index contributed by atoms with van der Waals surface area (Å²) in [7, 11) is 0. The summed E-state index contributed by atoms with van der Waals surface area (Å²) in [6.07, 6.45) is 2.13. The Morgan fingerprint density at radius 3 is 2.56 bits per heavy atom. The third kappa shape index (κ3) is 5.47. The predicted molar refractivity (Wildman–Crippen MR) is 64.3 cm³/mol. The van der Waals surface area contributed by atoms with Crippen LogP contribution in [-0.4, -0.2) is 50.2 Å². The van der Waals surface area contributed by atoms with Gasteiger partial charge < -0.3 is 15.0 Å². The fourth-order valence-electron chi connectivity index (χ4n) is 1.57. The van der Waals surface area contributed by atoms with E-state index in [1.165, 1.54) is 0 Å². The van der Waals surface area contributed by atoms with Crippen molar-refractivity contribution in [2.45, 2.75) is 26.7 Å². The molecule has 0 aromatic rings. The van der Waals surface area contributed by atoms with Crippen LogP contribution in [0.1, 0.15) is 26.7 Å². The Morgan fingerprint density at radius 1 is 1.31 bits per heavy atom. The van der Waals surface area contributed by atoms with E-state index in [9.17, 15) is 4.79 Å². The minimum atomic E-state index is 0.201. The average molecular weight is 228 g/mol. The van der Waals surface area contributed by atoms with E-state index in [2.05, 4.69) is 24.1 Å². The van der Waals surface area contributed by atoms with Gasteiger partial charge in [0.1, 0.15) is 0 Å². The number of hydrogen-bond acceptors (Lipinski definition) is 3. The zero-order valence-corrected chi connectivity index (χ0v) is 10.5. The van der Waals surface area contributed by atoms with Crippen LogP contribution in [0, 0.1) is 5.92 Å². The molecule has 0 unspecified atom stereocenters. The summed E-state index contributed by atoms with van der Waals surface area (Å²) in [5, 5.41) is 2.88. The van der Waals surface area contributed by atoms with Gasteiger partial charge in [-0.1, -0.05) is 13.8 Å². The van der Waals surface area contributed by atoms with Crippen LogP contribution in [0.15, 0.2) is 0 Å². The van der Waals surface area contributed by atoms with Gasteiger partial charge in [0, 0.05) is 19.0 Å². The van der Waals surface area contributed by atoms with Gasteiger partial charge >= 0.3 is 0 Å². The number of carbonyl (C=O) groups is 1. The first-order valence-corrected chi connectivity index (χ1v) is 6.35. The van der Waals surface area contributed by atoms with E-state index in [-0.39, 0.29) is 5.91 Å². The van der Waals surface area contributed by atoms with E-state index in [1.807, 2.05) is 0 Å². The Balaban J connectivity index is 1.85. The minimum absolute atomic E-state index is 0.201. The van der Waals surface area contributed by atoms with Crippen molar-refractivity contribution in [2.75, 3.05) is 39.4 Å². The zero-order valence-electron chi connectivity index (χ0n) is 10.5. The number of nitrogens with zero attached hydrogens (tertiary/aromatic N) is 1. The lowest BCUT2D eigenvalue weighted by Crippen LogP contribution is -2.30. The average Bonchev–Trinajstić information content (AvgIpc) is 3.12. The molecule has 1 aliphatic rings. The van der Waals surface area contributed by atoms with Gasteiger partial charge in [0.25, 0.3) is 0 Å². The smallest absolute Gasteiger partial charge is 0.223 e. The first kappa shape index (κ1) is 13.5. The van der Waals surface area contributed by atoms with Crippen LogP contribution >= 0.6 is 0 Å². The Morgan fingerprint density at radius 2 is 2.00 bits per heavy atom. The monoisotopic (exact) mass is 228 g/mol. The molecule has 0 aliphatic heterocycles. The first-order valence-electron chi connectivity index (χ1n) is 6.35. The lowest BCUT2D eigenvalue weighted by Gasteiger charge is -2.17. The number of hydrogen-bond donors (Lipinski definition) is 1. The Bertz CT molecular complexity index is 201. The second-order valence-electron chi connectivity index (χ2n) is 4.20. The highest BCUT2D eigenvalue weighted by molar-refractivity contribution is 5.80. The highest BCUT2D eigenvalue weighted by Gasteiger charge is 2.28. The summed E-state index contributed by atoms with van der Waals surface area (Å²) in [6.45, 7) is 9.44. The van der Waals surface area contributed by atoms with E-state index in [0.717, 1.165) is 39.1 Å². The van der Waals surface area contributed by atoms with Crippen molar-refractivity contribution in [1.29, 1.82) is 0 Å². The van der Waals surface area contributed by atoms with Crippen molar-refractivity contribution in [3.8, 4) is 0 Å². The largest absolute Gasteiger partial charge is 0.378 e. The molecule has 0 atom stereocenters. The Kier molecular flexibility index (Phi) is 6.42. The first-order chi connectivity index (χ1) is 7.77. The number of rotatable bonds is 9. The van der Waals surface area contributed by atoms with Gasteiger partial charge in [-0.05, 0) is 25.9 Å². The number of ether oxygens (including phenoxy) is 1. The topological polar surface area (TPSA) is 41.6 Å². The molecular formula is C12H24N2O2. The van der Waals surface area contributed by atoms with Gasteiger partial charge in [-0.2, -0.15) is 0 Å². The Labute approximate surface area is 98.3 Å². The molecule has 0 heterocycles. The van der Waals surface area contributed by atoms with Crippen LogP contribution in [-0.2, 0) is 9.53 Å². The van der Waals surface area contributed by atoms with Crippen LogP contribution in [0.25, 0.3) is 0 Å². The minimum Gasteiger partial charge on any atom is -0.378 e. The van der Waals surface area contributed by atoms with E-state index in [0.29, 0.717) is 19.1 Å². The SMILES string of the molecule is CCN(CC)CCOCCNC(=O)C1CC1. The number of likely N-dealkylation sites (N-methyl/N-ethyl adjacent to an activating group) is 1. The lowest BCUT2D eigenvalue weighted by atomic mass is 10.4. The molecule has 4 heteroatoms. The highest BCUT2D eigenvalue weighted by atomic mass is 16.5.